The second-order valence-corrected chi connectivity index (χ2v) is 7.09. The standard InChI is InChI=1S/C21H30N4O3S/c1-5-8-13-22-20(27)23-16-11-9-15(10-12-16)18-17(19(26)28-7-3)14(4)25(6-2)21(29)24-18/h9-12,18H,5-8,13H2,1-4H3,(H,24,29)(H2,22,23,27). The van der Waals surface area contributed by atoms with E-state index < -0.39 is 6.04 Å². The lowest BCUT2D eigenvalue weighted by Gasteiger charge is -2.37. The molecule has 2 amide bonds. The highest BCUT2D eigenvalue weighted by atomic mass is 32.1. The van der Waals surface area contributed by atoms with Gasteiger partial charge in [-0.25, -0.2) is 9.59 Å². The van der Waals surface area contributed by atoms with Gasteiger partial charge in [-0.3, -0.25) is 0 Å². The zero-order chi connectivity index (χ0) is 21.4. The van der Waals surface area contributed by atoms with Gasteiger partial charge in [-0.2, -0.15) is 0 Å². The van der Waals surface area contributed by atoms with Crippen LogP contribution in [0.2, 0.25) is 0 Å². The largest absolute Gasteiger partial charge is 0.463 e. The van der Waals surface area contributed by atoms with Gasteiger partial charge in [-0.15, -0.1) is 0 Å². The smallest absolute Gasteiger partial charge is 0.338 e. The third kappa shape index (κ3) is 5.69. The first-order chi connectivity index (χ1) is 13.9. The van der Waals surface area contributed by atoms with Crippen LogP contribution in [-0.4, -0.2) is 41.7 Å². The van der Waals surface area contributed by atoms with E-state index in [1.54, 1.807) is 6.92 Å². The van der Waals surface area contributed by atoms with Gasteiger partial charge in [-0.05, 0) is 57.1 Å². The fourth-order valence-corrected chi connectivity index (χ4v) is 3.58. The maximum Gasteiger partial charge on any atom is 0.338 e. The minimum Gasteiger partial charge on any atom is -0.463 e. The number of unbranched alkanes of at least 4 members (excludes halogenated alkanes) is 1. The summed E-state index contributed by atoms with van der Waals surface area (Å²) in [5.74, 6) is -0.360. The SMILES string of the molecule is CCCCNC(=O)Nc1ccc(C2NC(=S)N(CC)C(C)=C2C(=O)OCC)cc1. The molecule has 1 atom stereocenters. The van der Waals surface area contributed by atoms with Crippen molar-refractivity contribution in [1.29, 1.82) is 0 Å². The van der Waals surface area contributed by atoms with Gasteiger partial charge in [0.2, 0.25) is 0 Å². The van der Waals surface area contributed by atoms with Gasteiger partial charge in [0, 0.05) is 24.5 Å². The Morgan fingerprint density at radius 2 is 1.90 bits per heavy atom. The molecule has 0 radical (unpaired) electrons. The van der Waals surface area contributed by atoms with Crippen LogP contribution in [-0.2, 0) is 9.53 Å². The van der Waals surface area contributed by atoms with Crippen molar-refractivity contribution < 1.29 is 14.3 Å². The molecular weight excluding hydrogens is 388 g/mol. The van der Waals surface area contributed by atoms with Crippen molar-refractivity contribution in [2.75, 3.05) is 25.0 Å². The summed E-state index contributed by atoms with van der Waals surface area (Å²) in [7, 11) is 0. The third-order valence-electron chi connectivity index (χ3n) is 4.73. The highest BCUT2D eigenvalue weighted by Crippen LogP contribution is 2.31. The molecule has 1 unspecified atom stereocenters. The molecule has 0 saturated heterocycles. The minimum atomic E-state index is -0.406. The highest BCUT2D eigenvalue weighted by Gasteiger charge is 2.34. The molecular formula is C21H30N4O3S. The first-order valence-corrected chi connectivity index (χ1v) is 10.4. The fraction of sp³-hybridized carbons (Fsp3) is 0.476. The average Bonchev–Trinajstić information content (AvgIpc) is 2.68. The van der Waals surface area contributed by atoms with E-state index in [9.17, 15) is 9.59 Å². The number of hydrogen-bond acceptors (Lipinski definition) is 4. The van der Waals surface area contributed by atoms with Crippen LogP contribution >= 0.6 is 12.2 Å². The van der Waals surface area contributed by atoms with Crippen molar-refractivity contribution in [1.82, 2.24) is 15.5 Å². The lowest BCUT2D eigenvalue weighted by molar-refractivity contribution is -0.139. The number of esters is 1. The van der Waals surface area contributed by atoms with Gasteiger partial charge in [0.1, 0.15) is 0 Å². The molecule has 0 spiro atoms. The summed E-state index contributed by atoms with van der Waals surface area (Å²) in [6.45, 7) is 9.32. The molecule has 2 rings (SSSR count). The van der Waals surface area contributed by atoms with Crippen molar-refractivity contribution in [3.05, 3.63) is 41.1 Å². The van der Waals surface area contributed by atoms with Crippen molar-refractivity contribution in [2.45, 2.75) is 46.6 Å². The van der Waals surface area contributed by atoms with Gasteiger partial charge < -0.3 is 25.6 Å². The Hall–Kier alpha value is -2.61. The molecule has 0 saturated carbocycles. The molecule has 158 valence electrons. The van der Waals surface area contributed by atoms with Crippen molar-refractivity contribution >= 4 is 35.0 Å². The highest BCUT2D eigenvalue weighted by molar-refractivity contribution is 7.80. The van der Waals surface area contributed by atoms with E-state index in [0.717, 1.165) is 24.1 Å². The van der Waals surface area contributed by atoms with Crippen LogP contribution in [0.3, 0.4) is 0 Å². The molecule has 0 fully saturated rings. The lowest BCUT2D eigenvalue weighted by Crippen LogP contribution is -2.47. The number of urea groups is 1. The van der Waals surface area contributed by atoms with Crippen LogP contribution in [0.4, 0.5) is 10.5 Å². The van der Waals surface area contributed by atoms with Gasteiger partial charge in [-0.1, -0.05) is 25.5 Å². The molecule has 1 heterocycles. The predicted octanol–water partition coefficient (Wildman–Crippen LogP) is 3.70. The number of nitrogens with one attached hydrogen (secondary N) is 3. The van der Waals surface area contributed by atoms with Crippen LogP contribution in [0.15, 0.2) is 35.5 Å². The molecule has 29 heavy (non-hydrogen) atoms. The number of hydrogen-bond donors (Lipinski definition) is 3. The van der Waals surface area contributed by atoms with Gasteiger partial charge in [0.05, 0.1) is 18.2 Å². The Morgan fingerprint density at radius 3 is 2.48 bits per heavy atom. The first-order valence-electron chi connectivity index (χ1n) is 10.0. The Labute approximate surface area is 177 Å². The molecule has 0 aliphatic carbocycles. The van der Waals surface area contributed by atoms with Crippen molar-refractivity contribution in [2.24, 2.45) is 0 Å². The predicted molar refractivity (Wildman–Crippen MR) is 119 cm³/mol. The molecule has 1 aromatic carbocycles. The summed E-state index contributed by atoms with van der Waals surface area (Å²) in [5.41, 5.74) is 2.87. The zero-order valence-electron chi connectivity index (χ0n) is 17.5. The maximum atomic E-state index is 12.6. The van der Waals surface area contributed by atoms with Crippen LogP contribution in [0, 0.1) is 0 Å². The Kier molecular flexibility index (Phi) is 8.45. The molecule has 0 aromatic heterocycles. The molecule has 0 bridgehead atoms. The van der Waals surface area contributed by atoms with E-state index in [2.05, 4.69) is 22.9 Å². The van der Waals surface area contributed by atoms with Crippen LogP contribution in [0.1, 0.15) is 52.1 Å². The normalized spacial score (nSPS) is 16.3. The molecule has 7 nitrogen and oxygen atoms in total. The number of nitrogens with zero attached hydrogens (tertiary/aromatic N) is 1. The number of ether oxygens (including phenoxy) is 1. The van der Waals surface area contributed by atoms with Gasteiger partial charge in [0.25, 0.3) is 0 Å². The van der Waals surface area contributed by atoms with E-state index >= 15 is 0 Å². The van der Waals surface area contributed by atoms with Crippen molar-refractivity contribution in [3.63, 3.8) is 0 Å². The number of benzene rings is 1. The molecule has 1 aliphatic heterocycles. The van der Waals surface area contributed by atoms with E-state index in [-0.39, 0.29) is 12.0 Å². The van der Waals surface area contributed by atoms with Gasteiger partial charge in [0.15, 0.2) is 5.11 Å². The van der Waals surface area contributed by atoms with E-state index in [1.165, 1.54) is 0 Å². The minimum absolute atomic E-state index is 0.232. The second-order valence-electron chi connectivity index (χ2n) is 6.70. The number of carbonyl (C=O) groups excluding carboxylic acids is 2. The van der Waals surface area contributed by atoms with Crippen LogP contribution in [0.25, 0.3) is 0 Å². The summed E-state index contributed by atoms with van der Waals surface area (Å²) in [5, 5.41) is 9.44. The first kappa shape index (κ1) is 22.7. The lowest BCUT2D eigenvalue weighted by atomic mass is 9.95. The number of carbonyl (C=O) groups is 2. The summed E-state index contributed by atoms with van der Waals surface area (Å²) >= 11 is 5.48. The number of thiocarbonyl (C=S) groups is 1. The van der Waals surface area contributed by atoms with E-state index in [0.29, 0.717) is 36.1 Å². The van der Waals surface area contributed by atoms with E-state index in [4.69, 9.17) is 17.0 Å². The number of allylic oxidation sites excluding steroid dienone is 1. The van der Waals surface area contributed by atoms with Crippen LogP contribution in [0.5, 0.6) is 0 Å². The zero-order valence-corrected chi connectivity index (χ0v) is 18.3. The number of rotatable bonds is 8. The molecule has 1 aliphatic rings. The summed E-state index contributed by atoms with van der Waals surface area (Å²) in [6.07, 6.45) is 1.97. The summed E-state index contributed by atoms with van der Waals surface area (Å²) in [4.78, 5) is 26.4. The number of anilines is 1. The quantitative estimate of drug-likeness (QED) is 0.339. The average molecular weight is 419 g/mol. The maximum absolute atomic E-state index is 12.6. The topological polar surface area (TPSA) is 82.7 Å². The van der Waals surface area contributed by atoms with Gasteiger partial charge >= 0.3 is 12.0 Å². The Morgan fingerprint density at radius 1 is 1.21 bits per heavy atom. The third-order valence-corrected chi connectivity index (χ3v) is 5.06. The monoisotopic (exact) mass is 418 g/mol. The molecule has 1 aromatic rings. The second kappa shape index (κ2) is 10.8. The van der Waals surface area contributed by atoms with Crippen LogP contribution < -0.4 is 16.0 Å². The summed E-state index contributed by atoms with van der Waals surface area (Å²) in [6, 6.07) is 6.72. The number of amides is 2. The molecule has 8 heteroatoms. The van der Waals surface area contributed by atoms with E-state index in [1.807, 2.05) is 43.0 Å². The van der Waals surface area contributed by atoms with Crippen molar-refractivity contribution in [3.8, 4) is 0 Å². The Bertz CT molecular complexity index is 777. The fourth-order valence-electron chi connectivity index (χ4n) is 3.20. The summed E-state index contributed by atoms with van der Waals surface area (Å²) < 4.78 is 5.28. The Balaban J connectivity index is 2.22. The molecule has 3 N–H and O–H groups in total.